The Hall–Kier alpha value is -1.06. The number of alkyl halides is 3. The van der Waals surface area contributed by atoms with Crippen molar-refractivity contribution >= 4 is 0 Å². The molecule has 1 aromatic carbocycles. The van der Waals surface area contributed by atoms with E-state index < -0.39 is 6.18 Å². The van der Waals surface area contributed by atoms with Crippen LogP contribution in [0.2, 0.25) is 0 Å². The number of halogens is 4. The molecule has 0 aliphatic heterocycles. The molecule has 0 fully saturated rings. The second kappa shape index (κ2) is 8.26. The van der Waals surface area contributed by atoms with Crippen molar-refractivity contribution in [3.63, 3.8) is 0 Å². The largest absolute Gasteiger partial charge is 0.386 e. The van der Waals surface area contributed by atoms with E-state index in [-0.39, 0.29) is 12.7 Å². The van der Waals surface area contributed by atoms with Crippen LogP contribution >= 0.6 is 0 Å². The van der Waals surface area contributed by atoms with Crippen molar-refractivity contribution in [2.45, 2.75) is 33.9 Å². The highest BCUT2D eigenvalue weighted by atomic mass is 19.4. The molecule has 0 aliphatic carbocycles. The van der Waals surface area contributed by atoms with Crippen molar-refractivity contribution in [1.29, 1.82) is 0 Å². The Morgan fingerprint density at radius 2 is 1.33 bits per heavy atom. The fraction of sp³-hybridized carbons (Fsp3) is 0.455. The highest BCUT2D eigenvalue weighted by Gasteiger charge is 2.15. The first-order valence-corrected chi connectivity index (χ1v) is 4.58. The van der Waals surface area contributed by atoms with Crippen LogP contribution in [0.25, 0.3) is 0 Å². The summed E-state index contributed by atoms with van der Waals surface area (Å²) in [6.07, 6.45) is -4.00. The smallest absolute Gasteiger partial charge is 0.207 e. The SMILES string of the molecule is CC.CC(F)(F)F.Cc1ccccc1F. The lowest BCUT2D eigenvalue weighted by atomic mass is 10.2. The minimum absolute atomic E-state index is 0.132. The quantitative estimate of drug-likeness (QED) is 0.559. The second-order valence-electron chi connectivity index (χ2n) is 2.53. The highest BCUT2D eigenvalue weighted by Crippen LogP contribution is 2.10. The van der Waals surface area contributed by atoms with Gasteiger partial charge in [0.1, 0.15) is 5.82 Å². The van der Waals surface area contributed by atoms with Crippen molar-refractivity contribution in [1.82, 2.24) is 0 Å². The summed E-state index contributed by atoms with van der Waals surface area (Å²) >= 11 is 0. The molecule has 15 heavy (non-hydrogen) atoms. The monoisotopic (exact) mass is 224 g/mol. The molecule has 0 saturated carbocycles. The molecule has 0 amide bonds. The van der Waals surface area contributed by atoms with E-state index in [2.05, 4.69) is 0 Å². The Bertz CT molecular complexity index is 226. The minimum Gasteiger partial charge on any atom is -0.207 e. The average molecular weight is 224 g/mol. The Kier molecular flexibility index (Phi) is 9.02. The molecule has 1 rings (SSSR count). The van der Waals surface area contributed by atoms with E-state index in [4.69, 9.17) is 0 Å². The molecule has 0 bridgehead atoms. The first-order valence-electron chi connectivity index (χ1n) is 4.58. The molecule has 0 heterocycles. The van der Waals surface area contributed by atoms with Gasteiger partial charge < -0.3 is 0 Å². The second-order valence-corrected chi connectivity index (χ2v) is 2.53. The summed E-state index contributed by atoms with van der Waals surface area (Å²) < 4.78 is 43.4. The van der Waals surface area contributed by atoms with Gasteiger partial charge in [-0.2, -0.15) is 13.2 Å². The molecule has 0 unspecified atom stereocenters. The molecule has 4 heteroatoms. The molecule has 0 N–H and O–H groups in total. The summed E-state index contributed by atoms with van der Waals surface area (Å²) in [5, 5.41) is 0. The van der Waals surface area contributed by atoms with Crippen LogP contribution < -0.4 is 0 Å². The molecule has 88 valence electrons. The third kappa shape index (κ3) is 15.7. The van der Waals surface area contributed by atoms with Gasteiger partial charge in [0, 0.05) is 6.92 Å². The van der Waals surface area contributed by atoms with Crippen molar-refractivity contribution < 1.29 is 17.6 Å². The highest BCUT2D eigenvalue weighted by molar-refractivity contribution is 5.14. The lowest BCUT2D eigenvalue weighted by molar-refractivity contribution is -0.110. The molecule has 0 aromatic heterocycles. The summed E-state index contributed by atoms with van der Waals surface area (Å²) in [6.45, 7) is 5.93. The molecule has 0 spiro atoms. The molecule has 0 radical (unpaired) electrons. The van der Waals surface area contributed by atoms with Gasteiger partial charge in [0.2, 0.25) is 0 Å². The maximum atomic E-state index is 12.3. The van der Waals surface area contributed by atoms with E-state index >= 15 is 0 Å². The maximum absolute atomic E-state index is 12.3. The van der Waals surface area contributed by atoms with Crippen LogP contribution in [0, 0.1) is 12.7 Å². The molecule has 0 nitrogen and oxygen atoms in total. The Morgan fingerprint density at radius 3 is 1.53 bits per heavy atom. The molecule has 1 aromatic rings. The lowest BCUT2D eigenvalue weighted by Gasteiger charge is -1.89. The number of aryl methyl sites for hydroxylation is 1. The van der Waals surface area contributed by atoms with E-state index in [0.717, 1.165) is 0 Å². The van der Waals surface area contributed by atoms with Crippen molar-refractivity contribution in [2.75, 3.05) is 0 Å². The van der Waals surface area contributed by atoms with Crippen molar-refractivity contribution in [3.05, 3.63) is 35.6 Å². The molecule has 0 saturated heterocycles. The van der Waals surface area contributed by atoms with Gasteiger partial charge in [0.15, 0.2) is 0 Å². The zero-order valence-corrected chi connectivity index (χ0v) is 9.32. The van der Waals surface area contributed by atoms with E-state index in [1.165, 1.54) is 6.07 Å². The summed E-state index contributed by atoms with van der Waals surface area (Å²) in [5.41, 5.74) is 0.701. The molecule has 0 atom stereocenters. The van der Waals surface area contributed by atoms with Gasteiger partial charge in [0.05, 0.1) is 0 Å². The third-order valence-corrected chi connectivity index (χ3v) is 1.08. The summed E-state index contributed by atoms with van der Waals surface area (Å²) in [6, 6.07) is 6.70. The Morgan fingerprint density at radius 1 is 1.00 bits per heavy atom. The fourth-order valence-electron chi connectivity index (χ4n) is 0.551. The standard InChI is InChI=1S/C7H7F.C2H3F3.C2H6/c1-6-4-2-3-5-7(6)8;1-2(3,4)5;1-2/h2-5H,1H3;1H3;1-2H3. The number of rotatable bonds is 0. The molecular formula is C11H16F4. The van der Waals surface area contributed by atoms with Crippen LogP contribution in [0.4, 0.5) is 17.6 Å². The first-order chi connectivity index (χ1) is 6.80. The fourth-order valence-corrected chi connectivity index (χ4v) is 0.551. The van der Waals surface area contributed by atoms with Gasteiger partial charge in [0.25, 0.3) is 0 Å². The number of benzene rings is 1. The number of hydrogen-bond acceptors (Lipinski definition) is 0. The summed E-state index contributed by atoms with van der Waals surface area (Å²) in [7, 11) is 0. The third-order valence-electron chi connectivity index (χ3n) is 1.08. The van der Waals surface area contributed by atoms with Crippen molar-refractivity contribution in [2.24, 2.45) is 0 Å². The predicted molar refractivity (Wildman–Crippen MR) is 54.2 cm³/mol. The van der Waals surface area contributed by atoms with Crippen LogP contribution in [0.5, 0.6) is 0 Å². The van der Waals surface area contributed by atoms with Crippen LogP contribution in [-0.4, -0.2) is 6.18 Å². The Labute approximate surface area is 87.9 Å². The first kappa shape index (κ1) is 16.4. The summed E-state index contributed by atoms with van der Waals surface area (Å²) in [5.74, 6) is -0.132. The van der Waals surface area contributed by atoms with Gasteiger partial charge >= 0.3 is 6.18 Å². The van der Waals surface area contributed by atoms with Crippen LogP contribution in [0.1, 0.15) is 26.3 Å². The number of hydrogen-bond donors (Lipinski definition) is 0. The van der Waals surface area contributed by atoms with Gasteiger partial charge in [-0.05, 0) is 18.6 Å². The van der Waals surface area contributed by atoms with Crippen LogP contribution in [0.3, 0.4) is 0 Å². The summed E-state index contributed by atoms with van der Waals surface area (Å²) in [4.78, 5) is 0. The van der Waals surface area contributed by atoms with Gasteiger partial charge in [-0.1, -0.05) is 32.0 Å². The topological polar surface area (TPSA) is 0 Å². The zero-order chi connectivity index (χ0) is 12.5. The Balaban J connectivity index is 0. The van der Waals surface area contributed by atoms with Crippen LogP contribution in [0.15, 0.2) is 24.3 Å². The lowest BCUT2D eigenvalue weighted by Crippen LogP contribution is -1.95. The van der Waals surface area contributed by atoms with Gasteiger partial charge in [-0.15, -0.1) is 0 Å². The van der Waals surface area contributed by atoms with Crippen LogP contribution in [-0.2, 0) is 0 Å². The minimum atomic E-state index is -4.00. The molecular weight excluding hydrogens is 208 g/mol. The van der Waals surface area contributed by atoms with E-state index in [9.17, 15) is 17.6 Å². The van der Waals surface area contributed by atoms with Crippen molar-refractivity contribution in [3.8, 4) is 0 Å². The zero-order valence-electron chi connectivity index (χ0n) is 9.32. The average Bonchev–Trinajstić information content (AvgIpc) is 2.11. The maximum Gasteiger partial charge on any atom is 0.386 e. The molecule has 0 aliphatic rings. The van der Waals surface area contributed by atoms with E-state index in [1.807, 2.05) is 19.9 Å². The van der Waals surface area contributed by atoms with E-state index in [1.54, 1.807) is 19.1 Å². The van der Waals surface area contributed by atoms with Gasteiger partial charge in [-0.25, -0.2) is 4.39 Å². The van der Waals surface area contributed by atoms with E-state index in [0.29, 0.717) is 5.56 Å². The normalized spacial score (nSPS) is 9.33. The van der Waals surface area contributed by atoms with Gasteiger partial charge in [-0.3, -0.25) is 0 Å². The predicted octanol–water partition coefficient (Wildman–Crippen LogP) is 4.73.